The lowest BCUT2D eigenvalue weighted by molar-refractivity contribution is 0.112. The van der Waals surface area contributed by atoms with Crippen LogP contribution in [0.4, 0.5) is 0 Å². The fourth-order valence-corrected chi connectivity index (χ4v) is 2.57. The van der Waals surface area contributed by atoms with Gasteiger partial charge in [-0.2, -0.15) is 0 Å². The van der Waals surface area contributed by atoms with E-state index in [0.29, 0.717) is 0 Å². The van der Waals surface area contributed by atoms with E-state index in [-0.39, 0.29) is 0 Å². The third kappa shape index (κ3) is 3.10. The number of methoxy groups -OCH3 is 2. The number of aromatic nitrogens is 1. The van der Waals surface area contributed by atoms with Crippen molar-refractivity contribution in [3.05, 3.63) is 46.8 Å². The molecule has 0 N–H and O–H groups in total. The number of carbonyl (C=O) groups excluding carboxylic acids is 1. The van der Waals surface area contributed by atoms with Crippen LogP contribution in [0.3, 0.4) is 0 Å². The summed E-state index contributed by atoms with van der Waals surface area (Å²) in [6.45, 7) is 4.83. The van der Waals surface area contributed by atoms with E-state index in [2.05, 4.69) is 4.57 Å². The topological polar surface area (TPSA) is 40.5 Å². The normalized spacial score (nSPS) is 10.5. The largest absolute Gasteiger partial charge is 0.493 e. The monoisotopic (exact) mass is 287 g/mol. The highest BCUT2D eigenvalue weighted by Crippen LogP contribution is 2.28. The van der Waals surface area contributed by atoms with Crippen LogP contribution < -0.4 is 9.47 Å². The van der Waals surface area contributed by atoms with Crippen LogP contribution in [0.2, 0.25) is 0 Å². The van der Waals surface area contributed by atoms with E-state index in [1.807, 2.05) is 38.1 Å². The maximum absolute atomic E-state index is 11.0. The lowest BCUT2D eigenvalue weighted by Crippen LogP contribution is -2.05. The van der Waals surface area contributed by atoms with Crippen molar-refractivity contribution in [2.45, 2.75) is 26.8 Å². The van der Waals surface area contributed by atoms with E-state index in [4.69, 9.17) is 9.47 Å². The summed E-state index contributed by atoms with van der Waals surface area (Å²) in [6, 6.07) is 7.88. The second-order valence-corrected chi connectivity index (χ2v) is 5.04. The van der Waals surface area contributed by atoms with Crippen LogP contribution in [0.15, 0.2) is 24.3 Å². The lowest BCUT2D eigenvalue weighted by atomic mass is 10.1. The van der Waals surface area contributed by atoms with Crippen LogP contribution in [0.25, 0.3) is 0 Å². The zero-order chi connectivity index (χ0) is 15.4. The van der Waals surface area contributed by atoms with Gasteiger partial charge in [-0.25, -0.2) is 0 Å². The Bertz CT molecular complexity index is 644. The third-order valence-electron chi connectivity index (χ3n) is 3.81. The number of aldehydes is 1. The minimum Gasteiger partial charge on any atom is -0.493 e. The van der Waals surface area contributed by atoms with Crippen LogP contribution in [0.5, 0.6) is 11.5 Å². The van der Waals surface area contributed by atoms with Crippen LogP contribution in [0.1, 0.15) is 27.3 Å². The molecule has 0 saturated carbocycles. The molecule has 112 valence electrons. The van der Waals surface area contributed by atoms with Crippen molar-refractivity contribution in [2.75, 3.05) is 14.2 Å². The highest BCUT2D eigenvalue weighted by molar-refractivity contribution is 5.77. The van der Waals surface area contributed by atoms with Crippen LogP contribution in [0, 0.1) is 13.8 Å². The van der Waals surface area contributed by atoms with Crippen molar-refractivity contribution >= 4 is 6.29 Å². The molecule has 4 nitrogen and oxygen atoms in total. The van der Waals surface area contributed by atoms with Gasteiger partial charge in [0.1, 0.15) is 0 Å². The van der Waals surface area contributed by atoms with Crippen molar-refractivity contribution in [3.63, 3.8) is 0 Å². The highest BCUT2D eigenvalue weighted by atomic mass is 16.5. The van der Waals surface area contributed by atoms with E-state index in [9.17, 15) is 4.79 Å². The Kier molecular flexibility index (Phi) is 4.68. The van der Waals surface area contributed by atoms with E-state index >= 15 is 0 Å². The standard InChI is InChI=1S/C17H21NO3/c1-12-9-15(11-19)13(2)18(12)8-7-14-5-6-16(20-3)17(10-14)21-4/h5-6,9-11H,7-8H2,1-4H3. The minimum absolute atomic E-state index is 0.734. The molecule has 0 aliphatic carbocycles. The van der Waals surface area contributed by atoms with Gasteiger partial charge in [-0.05, 0) is 44.0 Å². The third-order valence-corrected chi connectivity index (χ3v) is 3.81. The van der Waals surface area contributed by atoms with Crippen LogP contribution in [-0.4, -0.2) is 25.1 Å². The van der Waals surface area contributed by atoms with E-state index in [1.54, 1.807) is 14.2 Å². The average molecular weight is 287 g/mol. The van der Waals surface area contributed by atoms with Gasteiger partial charge in [-0.1, -0.05) is 6.07 Å². The van der Waals surface area contributed by atoms with E-state index in [1.165, 1.54) is 5.56 Å². The number of nitrogens with zero attached hydrogens (tertiary/aromatic N) is 1. The molecule has 21 heavy (non-hydrogen) atoms. The number of carbonyl (C=O) groups is 1. The van der Waals surface area contributed by atoms with Gasteiger partial charge in [-0.3, -0.25) is 4.79 Å². The first-order chi connectivity index (χ1) is 10.1. The molecule has 0 radical (unpaired) electrons. The Labute approximate surface area is 125 Å². The molecule has 1 aromatic carbocycles. The summed E-state index contributed by atoms with van der Waals surface area (Å²) in [7, 11) is 3.27. The number of rotatable bonds is 6. The van der Waals surface area contributed by atoms with E-state index < -0.39 is 0 Å². The molecule has 0 aliphatic rings. The van der Waals surface area contributed by atoms with Crippen LogP contribution in [-0.2, 0) is 13.0 Å². The Morgan fingerprint density at radius 2 is 1.81 bits per heavy atom. The van der Waals surface area contributed by atoms with Gasteiger partial charge in [-0.15, -0.1) is 0 Å². The molecule has 0 saturated heterocycles. The molecule has 1 heterocycles. The molecule has 1 aromatic heterocycles. The SMILES string of the molecule is COc1ccc(CCn2c(C)cc(C=O)c2C)cc1OC. The molecule has 0 unspecified atom stereocenters. The first-order valence-corrected chi connectivity index (χ1v) is 6.93. The summed E-state index contributed by atoms with van der Waals surface area (Å²) >= 11 is 0. The van der Waals surface area contributed by atoms with Gasteiger partial charge in [0.25, 0.3) is 0 Å². The summed E-state index contributed by atoms with van der Waals surface area (Å²) in [6.07, 6.45) is 1.78. The molecule has 2 rings (SSSR count). The van der Waals surface area contributed by atoms with Crippen LogP contribution >= 0.6 is 0 Å². The summed E-state index contributed by atoms with van der Waals surface area (Å²) in [5, 5.41) is 0. The molecule has 0 aliphatic heterocycles. The maximum atomic E-state index is 11.0. The molecule has 0 atom stereocenters. The number of benzene rings is 1. The van der Waals surface area contributed by atoms with Crippen molar-refractivity contribution in [1.82, 2.24) is 4.57 Å². The zero-order valence-corrected chi connectivity index (χ0v) is 13.0. The minimum atomic E-state index is 0.734. The Balaban J connectivity index is 2.17. The second-order valence-electron chi connectivity index (χ2n) is 5.04. The predicted octanol–water partition coefficient (Wildman–Crippen LogP) is 3.18. The average Bonchev–Trinajstić information content (AvgIpc) is 2.78. The fraction of sp³-hybridized carbons (Fsp3) is 0.353. The zero-order valence-electron chi connectivity index (χ0n) is 13.0. The second kappa shape index (κ2) is 6.48. The number of ether oxygens (including phenoxy) is 2. The van der Waals surface area contributed by atoms with Crippen molar-refractivity contribution in [1.29, 1.82) is 0 Å². The lowest BCUT2D eigenvalue weighted by Gasteiger charge is -2.12. The van der Waals surface area contributed by atoms with E-state index in [0.717, 1.165) is 47.7 Å². The quantitative estimate of drug-likeness (QED) is 0.766. The fourth-order valence-electron chi connectivity index (χ4n) is 2.57. The highest BCUT2D eigenvalue weighted by Gasteiger charge is 2.09. The first-order valence-electron chi connectivity index (χ1n) is 6.93. The Hall–Kier alpha value is -2.23. The van der Waals surface area contributed by atoms with Gasteiger partial charge >= 0.3 is 0 Å². The summed E-state index contributed by atoms with van der Waals surface area (Å²) in [5.74, 6) is 1.47. The van der Waals surface area contributed by atoms with Gasteiger partial charge in [0, 0.05) is 23.5 Å². The summed E-state index contributed by atoms with van der Waals surface area (Å²) < 4.78 is 12.7. The molecule has 4 heteroatoms. The van der Waals surface area contributed by atoms with Crippen molar-refractivity contribution in [3.8, 4) is 11.5 Å². The van der Waals surface area contributed by atoms with Gasteiger partial charge in [0.05, 0.1) is 14.2 Å². The maximum Gasteiger partial charge on any atom is 0.160 e. The van der Waals surface area contributed by atoms with Gasteiger partial charge in [0.2, 0.25) is 0 Å². The van der Waals surface area contributed by atoms with Crippen molar-refractivity contribution in [2.24, 2.45) is 0 Å². The predicted molar refractivity (Wildman–Crippen MR) is 82.5 cm³/mol. The number of hydrogen-bond donors (Lipinski definition) is 0. The molecule has 0 amide bonds. The molecular formula is C17H21NO3. The van der Waals surface area contributed by atoms with Gasteiger partial charge in [0.15, 0.2) is 17.8 Å². The Morgan fingerprint density at radius 1 is 1.10 bits per heavy atom. The Morgan fingerprint density at radius 3 is 2.38 bits per heavy atom. The van der Waals surface area contributed by atoms with Gasteiger partial charge < -0.3 is 14.0 Å². The molecule has 0 bridgehead atoms. The summed E-state index contributed by atoms with van der Waals surface area (Å²) in [5.41, 5.74) is 4.06. The molecule has 0 spiro atoms. The molecular weight excluding hydrogens is 266 g/mol. The summed E-state index contributed by atoms with van der Waals surface area (Å²) in [4.78, 5) is 11.0. The molecule has 2 aromatic rings. The number of hydrogen-bond acceptors (Lipinski definition) is 3. The molecule has 0 fully saturated rings. The smallest absolute Gasteiger partial charge is 0.160 e. The first kappa shape index (κ1) is 15.2. The van der Waals surface area contributed by atoms with Crippen molar-refractivity contribution < 1.29 is 14.3 Å². The number of aryl methyl sites for hydroxylation is 2.